The van der Waals surface area contributed by atoms with Crippen molar-refractivity contribution in [3.05, 3.63) is 59.9 Å². The first kappa shape index (κ1) is 19.0. The summed E-state index contributed by atoms with van der Waals surface area (Å²) in [5, 5.41) is 14.2. The monoisotopic (exact) mass is 380 g/mol. The summed E-state index contributed by atoms with van der Waals surface area (Å²) < 4.78 is 7.10. The van der Waals surface area contributed by atoms with Crippen molar-refractivity contribution < 1.29 is 14.3 Å². The minimum Gasteiger partial charge on any atom is -0.483 e. The molecule has 0 aliphatic carbocycles. The molecule has 3 rings (SSSR count). The average molecular weight is 380 g/mol. The molecule has 0 aliphatic rings. The lowest BCUT2D eigenvalue weighted by Gasteiger charge is -2.14. The summed E-state index contributed by atoms with van der Waals surface area (Å²) in [6.07, 6.45) is 0. The smallest absolute Gasteiger partial charge is 0.259 e. The fourth-order valence-corrected chi connectivity index (χ4v) is 2.43. The third kappa shape index (κ3) is 4.32. The molecule has 3 aromatic rings. The van der Waals surface area contributed by atoms with Crippen molar-refractivity contribution >= 4 is 17.5 Å². The van der Waals surface area contributed by atoms with Gasteiger partial charge < -0.3 is 15.0 Å². The van der Waals surface area contributed by atoms with E-state index in [9.17, 15) is 9.59 Å². The molecule has 1 heterocycles. The van der Waals surface area contributed by atoms with Gasteiger partial charge in [0.2, 0.25) is 0 Å². The van der Waals surface area contributed by atoms with Crippen molar-refractivity contribution in [3.63, 3.8) is 0 Å². The number of ether oxygens (including phenoxy) is 1. The Morgan fingerprint density at radius 2 is 1.93 bits per heavy atom. The summed E-state index contributed by atoms with van der Waals surface area (Å²) >= 11 is 0. The van der Waals surface area contributed by atoms with Crippen molar-refractivity contribution in [3.8, 4) is 11.4 Å². The minimum absolute atomic E-state index is 0.147. The van der Waals surface area contributed by atoms with Gasteiger partial charge in [0.05, 0.1) is 11.3 Å². The second kappa shape index (κ2) is 8.30. The number of carbonyl (C=O) groups excluding carboxylic acids is 2. The van der Waals surface area contributed by atoms with Crippen LogP contribution in [0.25, 0.3) is 5.69 Å². The zero-order chi connectivity index (χ0) is 20.1. The van der Waals surface area contributed by atoms with Crippen LogP contribution in [0.4, 0.5) is 5.69 Å². The lowest BCUT2D eigenvalue weighted by Crippen LogP contribution is -2.28. The van der Waals surface area contributed by atoms with Gasteiger partial charge in [-0.05, 0) is 47.7 Å². The van der Waals surface area contributed by atoms with E-state index < -0.39 is 0 Å². The summed E-state index contributed by atoms with van der Waals surface area (Å²) in [6.45, 7) is 1.64. The Labute approximate surface area is 161 Å². The maximum absolute atomic E-state index is 12.7. The predicted octanol–water partition coefficient (Wildman–Crippen LogP) is 1.69. The number of hydrogen-bond acceptors (Lipinski definition) is 6. The molecule has 0 saturated carbocycles. The fraction of sp³-hybridized carbons (Fsp3) is 0.211. The topological polar surface area (TPSA) is 102 Å². The quantitative estimate of drug-likeness (QED) is 0.698. The van der Waals surface area contributed by atoms with E-state index in [4.69, 9.17) is 4.74 Å². The predicted molar refractivity (Wildman–Crippen MR) is 102 cm³/mol. The van der Waals surface area contributed by atoms with Crippen LogP contribution in [-0.2, 0) is 4.79 Å². The molecule has 9 nitrogen and oxygen atoms in total. The first-order valence-corrected chi connectivity index (χ1v) is 8.54. The van der Waals surface area contributed by atoms with Crippen LogP contribution in [0.2, 0.25) is 0 Å². The van der Waals surface area contributed by atoms with Gasteiger partial charge in [-0.25, -0.2) is 0 Å². The van der Waals surface area contributed by atoms with Crippen LogP contribution in [-0.4, -0.2) is 57.6 Å². The number of para-hydroxylation sites is 1. The number of benzene rings is 2. The maximum Gasteiger partial charge on any atom is 0.259 e. The molecule has 1 N–H and O–H groups in total. The normalized spacial score (nSPS) is 10.4. The molecule has 0 saturated heterocycles. The third-order valence-electron chi connectivity index (χ3n) is 3.96. The van der Waals surface area contributed by atoms with Gasteiger partial charge in [-0.3, -0.25) is 9.59 Å². The molecule has 2 amide bonds. The Bertz CT molecular complexity index is 999. The number of rotatable bonds is 6. The standard InChI is InChI=1S/C19H20N6O3/c1-13-21-22-23-25(13)15-8-6-7-14(11-15)20-19(27)16-9-4-5-10-17(16)28-12-18(26)24(2)3/h4-11H,12H2,1-3H3,(H,20,27). The van der Waals surface area contributed by atoms with Crippen molar-refractivity contribution in [1.82, 2.24) is 25.1 Å². The molecule has 9 heteroatoms. The number of nitrogens with zero attached hydrogens (tertiary/aromatic N) is 5. The van der Waals surface area contributed by atoms with Crippen LogP contribution in [0.15, 0.2) is 48.5 Å². The largest absolute Gasteiger partial charge is 0.483 e. The summed E-state index contributed by atoms with van der Waals surface area (Å²) in [7, 11) is 3.29. The molecule has 0 aliphatic heterocycles. The van der Waals surface area contributed by atoms with E-state index in [2.05, 4.69) is 20.8 Å². The van der Waals surface area contributed by atoms with Gasteiger partial charge in [-0.15, -0.1) is 5.10 Å². The van der Waals surface area contributed by atoms with Crippen LogP contribution in [0.5, 0.6) is 5.75 Å². The number of hydrogen-bond donors (Lipinski definition) is 1. The highest BCUT2D eigenvalue weighted by Gasteiger charge is 2.15. The highest BCUT2D eigenvalue weighted by molar-refractivity contribution is 6.06. The van der Waals surface area contributed by atoms with Crippen molar-refractivity contribution in [2.24, 2.45) is 0 Å². The number of likely N-dealkylation sites (N-methyl/N-ethyl adjacent to an activating group) is 1. The molecular formula is C19H20N6O3. The van der Waals surface area contributed by atoms with Crippen LogP contribution in [0, 0.1) is 6.92 Å². The van der Waals surface area contributed by atoms with Gasteiger partial charge in [0, 0.05) is 19.8 Å². The van der Waals surface area contributed by atoms with E-state index in [0.29, 0.717) is 22.8 Å². The Morgan fingerprint density at radius 1 is 1.14 bits per heavy atom. The third-order valence-corrected chi connectivity index (χ3v) is 3.96. The van der Waals surface area contributed by atoms with E-state index in [1.807, 2.05) is 6.07 Å². The zero-order valence-electron chi connectivity index (χ0n) is 15.8. The Morgan fingerprint density at radius 3 is 2.64 bits per heavy atom. The second-order valence-electron chi connectivity index (χ2n) is 6.22. The summed E-state index contributed by atoms with van der Waals surface area (Å²) in [5.74, 6) is 0.425. The molecule has 0 atom stereocenters. The first-order valence-electron chi connectivity index (χ1n) is 8.54. The van der Waals surface area contributed by atoms with E-state index in [1.165, 1.54) is 4.90 Å². The molecule has 28 heavy (non-hydrogen) atoms. The van der Waals surface area contributed by atoms with Crippen LogP contribution < -0.4 is 10.1 Å². The SMILES string of the molecule is Cc1nnnn1-c1cccc(NC(=O)c2ccccc2OCC(=O)N(C)C)c1. The van der Waals surface area contributed by atoms with Gasteiger partial charge in [0.25, 0.3) is 11.8 Å². The number of nitrogens with one attached hydrogen (secondary N) is 1. The molecule has 0 spiro atoms. The molecule has 0 radical (unpaired) electrons. The van der Waals surface area contributed by atoms with Gasteiger partial charge in [0.1, 0.15) is 5.75 Å². The number of aryl methyl sites for hydroxylation is 1. The van der Waals surface area contributed by atoms with E-state index >= 15 is 0 Å². The number of aromatic nitrogens is 4. The highest BCUT2D eigenvalue weighted by Crippen LogP contribution is 2.21. The molecule has 2 aromatic carbocycles. The second-order valence-corrected chi connectivity index (χ2v) is 6.22. The van der Waals surface area contributed by atoms with Gasteiger partial charge in [-0.1, -0.05) is 18.2 Å². The van der Waals surface area contributed by atoms with Crippen LogP contribution >= 0.6 is 0 Å². The Hall–Kier alpha value is -3.75. The first-order chi connectivity index (χ1) is 13.5. The van der Waals surface area contributed by atoms with E-state index in [0.717, 1.165) is 5.69 Å². The number of anilines is 1. The molecular weight excluding hydrogens is 360 g/mol. The van der Waals surface area contributed by atoms with Gasteiger partial charge >= 0.3 is 0 Å². The van der Waals surface area contributed by atoms with Gasteiger partial charge in [0.15, 0.2) is 12.4 Å². The maximum atomic E-state index is 12.7. The molecule has 0 bridgehead atoms. The minimum atomic E-state index is -0.349. The van der Waals surface area contributed by atoms with Crippen molar-refractivity contribution in [2.75, 3.05) is 26.0 Å². The lowest BCUT2D eigenvalue weighted by molar-refractivity contribution is -0.130. The van der Waals surface area contributed by atoms with E-state index in [1.54, 1.807) is 68.2 Å². The number of amides is 2. The zero-order valence-corrected chi connectivity index (χ0v) is 15.8. The molecule has 144 valence electrons. The summed E-state index contributed by atoms with van der Waals surface area (Å²) in [5.41, 5.74) is 1.64. The highest BCUT2D eigenvalue weighted by atomic mass is 16.5. The number of carbonyl (C=O) groups is 2. The van der Waals surface area contributed by atoms with Crippen LogP contribution in [0.3, 0.4) is 0 Å². The van der Waals surface area contributed by atoms with Crippen LogP contribution in [0.1, 0.15) is 16.2 Å². The van der Waals surface area contributed by atoms with Crippen molar-refractivity contribution in [1.29, 1.82) is 0 Å². The average Bonchev–Trinajstić information content (AvgIpc) is 3.12. The lowest BCUT2D eigenvalue weighted by atomic mass is 10.1. The Kier molecular flexibility index (Phi) is 5.64. The van der Waals surface area contributed by atoms with Crippen molar-refractivity contribution in [2.45, 2.75) is 6.92 Å². The van der Waals surface area contributed by atoms with Gasteiger partial charge in [-0.2, -0.15) is 4.68 Å². The van der Waals surface area contributed by atoms with E-state index in [-0.39, 0.29) is 18.4 Å². The fourth-order valence-electron chi connectivity index (χ4n) is 2.43. The molecule has 1 aromatic heterocycles. The molecule has 0 fully saturated rings. The number of tetrazole rings is 1. The molecule has 0 unspecified atom stereocenters. The summed E-state index contributed by atoms with van der Waals surface area (Å²) in [6, 6.07) is 13.9. The Balaban J connectivity index is 1.77. The summed E-state index contributed by atoms with van der Waals surface area (Å²) in [4.78, 5) is 25.9.